The van der Waals surface area contributed by atoms with E-state index in [0.717, 1.165) is 16.0 Å². The number of ether oxygens (including phenoxy) is 1. The fourth-order valence-electron chi connectivity index (χ4n) is 4.28. The van der Waals surface area contributed by atoms with Crippen molar-refractivity contribution < 1.29 is 9.53 Å². The van der Waals surface area contributed by atoms with E-state index in [4.69, 9.17) is 9.73 Å². The van der Waals surface area contributed by atoms with E-state index in [0.29, 0.717) is 26.5 Å². The quantitative estimate of drug-likeness (QED) is 0.336. The molecule has 0 fully saturated rings. The number of rotatable bonds is 6. The minimum atomic E-state index is -0.610. The molecule has 0 radical (unpaired) electrons. The Hall–Kier alpha value is -3.55. The second kappa shape index (κ2) is 10.2. The van der Waals surface area contributed by atoms with Crippen molar-refractivity contribution in [2.75, 3.05) is 6.61 Å². The second-order valence-electron chi connectivity index (χ2n) is 8.77. The molecule has 0 spiro atoms. The van der Waals surface area contributed by atoms with Crippen molar-refractivity contribution >= 4 is 40.4 Å². The lowest BCUT2D eigenvalue weighted by Crippen LogP contribution is -2.39. The highest BCUT2D eigenvalue weighted by molar-refractivity contribution is 7.10. The summed E-state index contributed by atoms with van der Waals surface area (Å²) < 4.78 is 7.69. The Morgan fingerprint density at radius 3 is 2.47 bits per heavy atom. The largest absolute Gasteiger partial charge is 0.463 e. The Kier molecular flexibility index (Phi) is 6.85. The molecule has 182 valence electrons. The fraction of sp³-hybridized carbons (Fsp3) is 0.207. The van der Waals surface area contributed by atoms with Gasteiger partial charge in [0, 0.05) is 10.4 Å². The lowest BCUT2D eigenvalue weighted by molar-refractivity contribution is -0.138. The van der Waals surface area contributed by atoms with Gasteiger partial charge in [-0.25, -0.2) is 9.79 Å². The Bertz CT molecular complexity index is 1590. The Labute approximate surface area is 217 Å². The number of aromatic nitrogens is 1. The number of nitrogens with zero attached hydrogens (tertiary/aromatic N) is 2. The van der Waals surface area contributed by atoms with Gasteiger partial charge >= 0.3 is 5.97 Å². The maximum atomic E-state index is 13.8. The minimum Gasteiger partial charge on any atom is -0.463 e. The molecule has 2 aromatic carbocycles. The van der Waals surface area contributed by atoms with Crippen LogP contribution in [-0.2, 0) is 9.53 Å². The zero-order valence-electron chi connectivity index (χ0n) is 20.3. The van der Waals surface area contributed by atoms with E-state index in [1.165, 1.54) is 28.2 Å². The van der Waals surface area contributed by atoms with Crippen molar-refractivity contribution in [1.29, 1.82) is 0 Å². The summed E-state index contributed by atoms with van der Waals surface area (Å²) in [4.78, 5) is 33.4. The molecule has 0 N–H and O–H groups in total. The van der Waals surface area contributed by atoms with Crippen molar-refractivity contribution in [2.45, 2.75) is 32.7 Å². The summed E-state index contributed by atoms with van der Waals surface area (Å²) in [6.45, 7) is 6.32. The maximum Gasteiger partial charge on any atom is 0.338 e. The molecule has 5 rings (SSSR count). The predicted molar refractivity (Wildman–Crippen MR) is 146 cm³/mol. The first-order chi connectivity index (χ1) is 17.5. The first kappa shape index (κ1) is 24.2. The highest BCUT2D eigenvalue weighted by Gasteiger charge is 2.35. The highest BCUT2D eigenvalue weighted by Crippen LogP contribution is 2.36. The van der Waals surface area contributed by atoms with Crippen molar-refractivity contribution in [2.24, 2.45) is 4.99 Å². The lowest BCUT2D eigenvalue weighted by atomic mass is 9.97. The number of fused-ring (bicyclic) bond motifs is 1. The van der Waals surface area contributed by atoms with E-state index in [1.54, 1.807) is 11.5 Å². The number of hydrogen-bond donors (Lipinski definition) is 0. The van der Waals surface area contributed by atoms with Gasteiger partial charge in [0.2, 0.25) is 0 Å². The zero-order valence-corrected chi connectivity index (χ0v) is 21.9. The average molecular weight is 515 g/mol. The van der Waals surface area contributed by atoms with Crippen LogP contribution in [0.15, 0.2) is 87.5 Å². The molecule has 7 heteroatoms. The summed E-state index contributed by atoms with van der Waals surface area (Å²) in [6, 6.07) is 21.1. The third-order valence-corrected chi connectivity index (χ3v) is 7.99. The molecule has 3 heterocycles. The molecule has 0 unspecified atom stereocenters. The topological polar surface area (TPSA) is 60.7 Å². The van der Waals surface area contributed by atoms with Gasteiger partial charge in [0.15, 0.2) is 4.80 Å². The number of carbonyl (C=O) groups excluding carboxylic acids is 1. The average Bonchev–Trinajstić information content (AvgIpc) is 3.52. The van der Waals surface area contributed by atoms with E-state index >= 15 is 0 Å². The van der Waals surface area contributed by atoms with E-state index in [-0.39, 0.29) is 12.2 Å². The summed E-state index contributed by atoms with van der Waals surface area (Å²) in [6.07, 6.45) is 1.90. The van der Waals surface area contributed by atoms with Gasteiger partial charge < -0.3 is 4.74 Å². The summed E-state index contributed by atoms with van der Waals surface area (Å²) in [7, 11) is 0. The number of carbonyl (C=O) groups is 1. The van der Waals surface area contributed by atoms with Crippen LogP contribution in [0.25, 0.3) is 11.8 Å². The molecule has 5 nitrogen and oxygen atoms in total. The van der Waals surface area contributed by atoms with Crippen molar-refractivity contribution in [3.8, 4) is 0 Å². The van der Waals surface area contributed by atoms with Crippen LogP contribution in [0.2, 0.25) is 0 Å². The number of thiophene rings is 1. The number of esters is 1. The monoisotopic (exact) mass is 514 g/mol. The van der Waals surface area contributed by atoms with Crippen LogP contribution in [-0.4, -0.2) is 17.1 Å². The number of hydrogen-bond acceptors (Lipinski definition) is 6. The predicted octanol–water partition coefficient (Wildman–Crippen LogP) is 5.12. The van der Waals surface area contributed by atoms with Crippen molar-refractivity contribution in [3.63, 3.8) is 0 Å². The molecule has 0 saturated carbocycles. The smallest absolute Gasteiger partial charge is 0.338 e. The number of benzene rings is 2. The molecule has 1 atom stereocenters. The molecule has 1 aliphatic heterocycles. The van der Waals surface area contributed by atoms with Crippen LogP contribution in [0.4, 0.5) is 0 Å². The van der Waals surface area contributed by atoms with Crippen LogP contribution in [0.1, 0.15) is 54.3 Å². The van der Waals surface area contributed by atoms with E-state index in [2.05, 4.69) is 26.0 Å². The normalized spacial score (nSPS) is 15.7. The van der Waals surface area contributed by atoms with Gasteiger partial charge in [-0.3, -0.25) is 9.36 Å². The molecule has 36 heavy (non-hydrogen) atoms. The summed E-state index contributed by atoms with van der Waals surface area (Å²) >= 11 is 2.85. The third kappa shape index (κ3) is 4.52. The van der Waals surface area contributed by atoms with Gasteiger partial charge in [-0.05, 0) is 41.5 Å². The van der Waals surface area contributed by atoms with Gasteiger partial charge in [0.25, 0.3) is 5.56 Å². The van der Waals surface area contributed by atoms with Crippen LogP contribution < -0.4 is 14.9 Å². The molecule has 0 amide bonds. The molecule has 0 saturated heterocycles. The molecule has 4 aromatic rings. The zero-order chi connectivity index (χ0) is 25.2. The Morgan fingerprint density at radius 1 is 1.08 bits per heavy atom. The van der Waals surface area contributed by atoms with Gasteiger partial charge in [0.05, 0.1) is 22.4 Å². The molecule has 2 aromatic heterocycles. The molecular formula is C29H26N2O3S2. The van der Waals surface area contributed by atoms with Gasteiger partial charge in [-0.2, -0.15) is 0 Å². The van der Waals surface area contributed by atoms with Crippen LogP contribution in [0.3, 0.4) is 0 Å². The molecular weight excluding hydrogens is 488 g/mol. The third-order valence-electron chi connectivity index (χ3n) is 6.09. The van der Waals surface area contributed by atoms with Crippen LogP contribution >= 0.6 is 22.7 Å². The summed E-state index contributed by atoms with van der Waals surface area (Å²) in [5.74, 6) is -0.0232. The fourth-order valence-corrected chi connectivity index (χ4v) is 6.11. The summed E-state index contributed by atoms with van der Waals surface area (Å²) in [5.41, 5.74) is 3.76. The van der Waals surface area contributed by atoms with Crippen molar-refractivity contribution in [1.82, 2.24) is 4.57 Å². The molecule has 1 aliphatic rings. The SMILES string of the molecule is CCOC(=O)C1=C(c2ccccc2)N=c2s/c(=C\c3ccc(C(C)C)cc3)c(=O)n2[C@@H]1c1cccs1. The summed E-state index contributed by atoms with van der Waals surface area (Å²) in [5, 5.41) is 1.95. The first-order valence-corrected chi connectivity index (χ1v) is 13.6. The van der Waals surface area contributed by atoms with Crippen molar-refractivity contribution in [3.05, 3.63) is 119 Å². The van der Waals surface area contributed by atoms with Gasteiger partial charge in [-0.15, -0.1) is 11.3 Å². The van der Waals surface area contributed by atoms with Gasteiger partial charge in [-0.1, -0.05) is 85.8 Å². The Balaban J connectivity index is 1.76. The van der Waals surface area contributed by atoms with E-state index in [9.17, 15) is 9.59 Å². The minimum absolute atomic E-state index is 0.168. The maximum absolute atomic E-state index is 13.8. The molecule has 0 bridgehead atoms. The van der Waals surface area contributed by atoms with Gasteiger partial charge in [0.1, 0.15) is 6.04 Å². The highest BCUT2D eigenvalue weighted by atomic mass is 32.1. The van der Waals surface area contributed by atoms with E-state index in [1.807, 2.05) is 66.1 Å². The molecule has 0 aliphatic carbocycles. The lowest BCUT2D eigenvalue weighted by Gasteiger charge is -2.24. The number of thiazole rings is 1. The standard InChI is InChI=1S/C29H26N2O3S2/c1-4-34-28(33)24-25(21-9-6-5-7-10-21)30-29-31(26(24)22-11-8-16-35-22)27(32)23(36-29)17-19-12-14-20(15-13-19)18(2)3/h5-18,26H,4H2,1-3H3/b23-17-/t26-/m1/s1. The van der Waals surface area contributed by atoms with E-state index < -0.39 is 12.0 Å². The van der Waals surface area contributed by atoms with Crippen LogP contribution in [0.5, 0.6) is 0 Å². The first-order valence-electron chi connectivity index (χ1n) is 11.9. The second-order valence-corrected chi connectivity index (χ2v) is 10.8. The Morgan fingerprint density at radius 2 is 1.83 bits per heavy atom. The van der Waals surface area contributed by atoms with Crippen LogP contribution in [0, 0.1) is 0 Å².